The molecule has 1 atom stereocenters. The van der Waals surface area contributed by atoms with Crippen molar-refractivity contribution in [3.8, 4) is 11.8 Å². The summed E-state index contributed by atoms with van der Waals surface area (Å²) in [7, 11) is 0. The fraction of sp³-hybridized carbons (Fsp3) is 0.648. The highest BCUT2D eigenvalue weighted by Crippen LogP contribution is 2.26. The topological polar surface area (TPSA) is 199 Å². The Bertz CT molecular complexity index is 1840. The zero-order valence-corrected chi connectivity index (χ0v) is 42.9. The molecule has 0 saturated carbocycles. The number of nitrogens with one attached hydrogen (secondary N) is 2. The van der Waals surface area contributed by atoms with E-state index in [-0.39, 0.29) is 50.0 Å². The minimum atomic E-state index is -0.384. The average Bonchev–Trinajstić information content (AvgIpc) is 3.38. The van der Waals surface area contributed by atoms with E-state index in [2.05, 4.69) is 34.6 Å². The maximum absolute atomic E-state index is 13.3. The van der Waals surface area contributed by atoms with Crippen molar-refractivity contribution in [3.63, 3.8) is 0 Å². The van der Waals surface area contributed by atoms with Gasteiger partial charge >= 0.3 is 6.09 Å². The first-order valence-corrected chi connectivity index (χ1v) is 25.9. The third kappa shape index (κ3) is 31.1. The van der Waals surface area contributed by atoms with Gasteiger partial charge in [-0.25, -0.2) is 4.79 Å². The molecule has 2 aliphatic rings. The molecule has 0 fully saturated rings. The van der Waals surface area contributed by atoms with Crippen molar-refractivity contribution in [2.75, 3.05) is 177 Å². The van der Waals surface area contributed by atoms with Crippen molar-refractivity contribution in [2.45, 2.75) is 57.6 Å². The number of benzene rings is 2. The Kier molecular flexibility index (Phi) is 35.8. The monoisotopic (exact) mass is 1030 g/mol. The van der Waals surface area contributed by atoms with Crippen molar-refractivity contribution >= 4 is 23.6 Å². The Morgan fingerprint density at radius 2 is 0.904 bits per heavy atom. The van der Waals surface area contributed by atoms with E-state index in [0.29, 0.717) is 165 Å². The van der Waals surface area contributed by atoms with Crippen LogP contribution >= 0.6 is 0 Å². The van der Waals surface area contributed by atoms with E-state index in [4.69, 9.17) is 61.6 Å². The highest BCUT2D eigenvalue weighted by Gasteiger charge is 2.21. The molecule has 1 unspecified atom stereocenters. The molecule has 0 radical (unpaired) electrons. The van der Waals surface area contributed by atoms with Crippen LogP contribution in [0.25, 0.3) is 0 Å². The molecule has 3 amide bonds. The molecular formula is C54H81N3O16. The van der Waals surface area contributed by atoms with E-state index >= 15 is 0 Å². The lowest BCUT2D eigenvalue weighted by Crippen LogP contribution is -2.35. The summed E-state index contributed by atoms with van der Waals surface area (Å²) in [5.41, 5.74) is 3.45. The Morgan fingerprint density at radius 1 is 0.466 bits per heavy atom. The van der Waals surface area contributed by atoms with Gasteiger partial charge in [0.25, 0.3) is 0 Å². The van der Waals surface area contributed by atoms with E-state index in [1.165, 1.54) is 0 Å². The highest BCUT2D eigenvalue weighted by atomic mass is 16.6. The minimum Gasteiger partial charge on any atom is -0.446 e. The number of fused-ring (bicyclic) bond motifs is 2. The van der Waals surface area contributed by atoms with Crippen LogP contribution in [0.5, 0.6) is 0 Å². The Hall–Kier alpha value is -4.53. The molecule has 4 rings (SSSR count). The second kappa shape index (κ2) is 42.8. The normalized spacial score (nSPS) is 14.6. The maximum Gasteiger partial charge on any atom is 0.407 e. The van der Waals surface area contributed by atoms with Crippen LogP contribution in [0.4, 0.5) is 10.5 Å². The molecule has 2 aromatic rings. The van der Waals surface area contributed by atoms with Gasteiger partial charge in [0, 0.05) is 37.1 Å². The molecule has 0 spiro atoms. The second-order valence-electron chi connectivity index (χ2n) is 16.5. The van der Waals surface area contributed by atoms with Crippen LogP contribution in [0.1, 0.15) is 61.6 Å². The number of amides is 3. The van der Waals surface area contributed by atoms with Gasteiger partial charge in [-0.3, -0.25) is 9.59 Å². The molecule has 1 aliphatic heterocycles. The number of carbonyl (C=O) groups is 3. The van der Waals surface area contributed by atoms with E-state index < -0.39 is 0 Å². The maximum atomic E-state index is 13.3. The number of carbonyl (C=O) groups excluding carboxylic acids is 3. The number of hydrogen-bond donors (Lipinski definition) is 2. The summed E-state index contributed by atoms with van der Waals surface area (Å²) in [6.45, 7) is 11.7. The Balaban J connectivity index is 0.771. The SMILES string of the molecule is O=C(CCOCCOCCOCCOCCOCCOCCOCCOCCOCCOCCOCCOCCNC(=O)OC1CC/C=C/CCC1)NCCC(=O)N1Cc2ccccc2C#Cc2ccccc21. The molecule has 1 heterocycles. The molecule has 1 aliphatic carbocycles. The van der Waals surface area contributed by atoms with Crippen molar-refractivity contribution in [1.82, 2.24) is 10.6 Å². The van der Waals surface area contributed by atoms with Crippen molar-refractivity contribution in [1.29, 1.82) is 0 Å². The number of anilines is 1. The van der Waals surface area contributed by atoms with Gasteiger partial charge in [0.05, 0.1) is 171 Å². The van der Waals surface area contributed by atoms with E-state index in [1.807, 2.05) is 48.5 Å². The van der Waals surface area contributed by atoms with Gasteiger partial charge in [0.1, 0.15) is 6.10 Å². The zero-order chi connectivity index (χ0) is 51.3. The quantitative estimate of drug-likeness (QED) is 0.0529. The molecule has 0 saturated heterocycles. The van der Waals surface area contributed by atoms with Crippen molar-refractivity contribution in [2.24, 2.45) is 0 Å². The summed E-state index contributed by atoms with van der Waals surface area (Å²) in [5, 5.41) is 5.56. The average molecular weight is 1030 g/mol. The fourth-order valence-corrected chi connectivity index (χ4v) is 7.09. The number of alkyl carbamates (subject to hydrolysis) is 1. The number of hydrogen-bond acceptors (Lipinski definition) is 16. The summed E-state index contributed by atoms with van der Waals surface area (Å²) in [6.07, 6.45) is 9.11. The van der Waals surface area contributed by atoms with Crippen LogP contribution in [-0.4, -0.2) is 196 Å². The predicted octanol–water partition coefficient (Wildman–Crippen LogP) is 4.64. The number of ether oxygens (including phenoxy) is 13. The van der Waals surface area contributed by atoms with Crippen LogP contribution in [0.15, 0.2) is 60.7 Å². The van der Waals surface area contributed by atoms with Gasteiger partial charge in [0.15, 0.2) is 0 Å². The van der Waals surface area contributed by atoms with Gasteiger partial charge in [-0.1, -0.05) is 54.3 Å². The highest BCUT2D eigenvalue weighted by molar-refractivity contribution is 5.95. The first-order valence-electron chi connectivity index (χ1n) is 25.9. The lowest BCUT2D eigenvalue weighted by atomic mass is 10.0. The molecule has 408 valence electrons. The third-order valence-electron chi connectivity index (χ3n) is 10.9. The summed E-state index contributed by atoms with van der Waals surface area (Å²) in [5.74, 6) is 6.16. The third-order valence-corrected chi connectivity index (χ3v) is 10.9. The van der Waals surface area contributed by atoms with Crippen LogP contribution in [0, 0.1) is 11.8 Å². The molecule has 0 bridgehead atoms. The van der Waals surface area contributed by atoms with Gasteiger partial charge in [0.2, 0.25) is 11.8 Å². The minimum absolute atomic E-state index is 0.0172. The lowest BCUT2D eigenvalue weighted by molar-refractivity contribution is -0.122. The van der Waals surface area contributed by atoms with Gasteiger partial charge in [-0.15, -0.1) is 0 Å². The summed E-state index contributed by atoms with van der Waals surface area (Å²) in [6, 6.07) is 15.5. The zero-order valence-electron chi connectivity index (χ0n) is 42.9. The summed E-state index contributed by atoms with van der Waals surface area (Å²) < 4.78 is 71.7. The van der Waals surface area contributed by atoms with E-state index in [1.54, 1.807) is 4.90 Å². The van der Waals surface area contributed by atoms with Crippen LogP contribution in [0.3, 0.4) is 0 Å². The number of allylic oxidation sites excluding steroid dienone is 2. The molecule has 2 aromatic carbocycles. The Morgan fingerprint density at radius 3 is 1.44 bits per heavy atom. The Labute approximate surface area is 432 Å². The van der Waals surface area contributed by atoms with Crippen LogP contribution in [0.2, 0.25) is 0 Å². The largest absolute Gasteiger partial charge is 0.446 e. The first kappa shape index (κ1) is 61.0. The van der Waals surface area contributed by atoms with Gasteiger partial charge < -0.3 is 77.1 Å². The fourth-order valence-electron chi connectivity index (χ4n) is 7.09. The first-order chi connectivity index (χ1) is 36.1. The van der Waals surface area contributed by atoms with Crippen LogP contribution in [-0.2, 0) is 77.7 Å². The smallest absolute Gasteiger partial charge is 0.407 e. The van der Waals surface area contributed by atoms with Gasteiger partial charge in [-0.05, 0) is 55.9 Å². The summed E-state index contributed by atoms with van der Waals surface area (Å²) in [4.78, 5) is 39.4. The van der Waals surface area contributed by atoms with Gasteiger partial charge in [-0.2, -0.15) is 0 Å². The van der Waals surface area contributed by atoms with E-state index in [0.717, 1.165) is 54.5 Å². The molecule has 19 nitrogen and oxygen atoms in total. The molecule has 0 aromatic heterocycles. The molecule has 2 N–H and O–H groups in total. The lowest BCUT2D eigenvalue weighted by Gasteiger charge is -2.26. The van der Waals surface area contributed by atoms with Crippen molar-refractivity contribution < 1.29 is 76.0 Å². The summed E-state index contributed by atoms with van der Waals surface area (Å²) >= 11 is 0. The molecular weight excluding hydrogens is 947 g/mol. The van der Waals surface area contributed by atoms with E-state index in [9.17, 15) is 14.4 Å². The molecule has 73 heavy (non-hydrogen) atoms. The predicted molar refractivity (Wildman–Crippen MR) is 273 cm³/mol. The standard InChI is InChI=1S/C54H81N3O16/c58-52(55-20-18-53(59)57-46-49-12-7-6-10-47(49)16-17-48-11-8-9-15-51(48)57)19-22-61-24-26-63-28-30-65-32-34-67-36-38-69-40-42-71-44-45-72-43-41-70-39-37-68-35-33-66-31-29-64-27-25-62-23-21-56-54(60)73-50-13-4-2-1-3-5-14-50/h1-2,6-12,15,50H,3-5,13-14,18-46H2,(H,55,58)(H,56,60)/b2-1+. The second-order valence-corrected chi connectivity index (χ2v) is 16.5. The molecule has 19 heteroatoms. The number of para-hydroxylation sites is 1. The van der Waals surface area contributed by atoms with Crippen molar-refractivity contribution in [3.05, 3.63) is 77.4 Å². The number of nitrogens with zero attached hydrogens (tertiary/aromatic N) is 1. The number of rotatable bonds is 43. The van der Waals surface area contributed by atoms with Crippen LogP contribution < -0.4 is 15.5 Å².